The average molecular weight is 417 g/mol. The molecule has 0 aliphatic carbocycles. The van der Waals surface area contributed by atoms with Crippen molar-refractivity contribution in [2.45, 2.75) is 12.8 Å². The summed E-state index contributed by atoms with van der Waals surface area (Å²) in [5, 5.41) is 11.5. The zero-order valence-corrected chi connectivity index (χ0v) is 16.6. The molecule has 0 aromatic carbocycles. The second kappa shape index (κ2) is 7.84. The summed E-state index contributed by atoms with van der Waals surface area (Å²) in [6.45, 7) is 1.78. The van der Waals surface area contributed by atoms with Crippen LogP contribution in [0.1, 0.15) is 17.7 Å². The number of carbonyl (C=O) groups excluding carboxylic acids is 2. The Morgan fingerprint density at radius 2 is 2.21 bits per heavy atom. The van der Waals surface area contributed by atoms with Gasteiger partial charge in [0.2, 0.25) is 0 Å². The number of ether oxygens (including phenoxy) is 2. The second-order valence-electron chi connectivity index (χ2n) is 5.57. The van der Waals surface area contributed by atoms with Crippen molar-refractivity contribution in [2.24, 2.45) is 5.73 Å². The highest BCUT2D eigenvalue weighted by Gasteiger charge is 2.36. The lowest BCUT2D eigenvalue weighted by molar-refractivity contribution is -0.136. The van der Waals surface area contributed by atoms with Gasteiger partial charge in [0.15, 0.2) is 0 Å². The molecule has 0 radical (unpaired) electrons. The number of nitrogens with zero attached hydrogens (tertiary/aromatic N) is 2. The summed E-state index contributed by atoms with van der Waals surface area (Å²) in [5.74, 6) is -2.20. The first-order valence-corrected chi connectivity index (χ1v) is 9.80. The third-order valence-electron chi connectivity index (χ3n) is 4.04. The number of nitriles is 1. The van der Waals surface area contributed by atoms with Gasteiger partial charge in [0.1, 0.15) is 15.0 Å². The molecule has 1 unspecified atom stereocenters. The van der Waals surface area contributed by atoms with E-state index in [1.54, 1.807) is 19.1 Å². The topological polar surface area (TPSA) is 124 Å². The largest absolute Gasteiger partial charge is 0.466 e. The molecule has 0 fully saturated rings. The number of rotatable bonds is 4. The number of hydrogen-bond acceptors (Lipinski definition) is 9. The zero-order chi connectivity index (χ0) is 20.4. The summed E-state index contributed by atoms with van der Waals surface area (Å²) in [5.41, 5.74) is 5.75. The molecule has 3 rings (SSSR count). The summed E-state index contributed by atoms with van der Waals surface area (Å²) >= 11 is 2.28. The van der Waals surface area contributed by atoms with Crippen molar-refractivity contribution in [3.63, 3.8) is 0 Å². The molecule has 0 bridgehead atoms. The Hall–Kier alpha value is -3.16. The highest BCUT2D eigenvalue weighted by Crippen LogP contribution is 2.38. The molecule has 28 heavy (non-hydrogen) atoms. The van der Waals surface area contributed by atoms with E-state index in [0.717, 1.165) is 22.0 Å². The van der Waals surface area contributed by atoms with Gasteiger partial charge in [0.25, 0.3) is 5.56 Å². The molecule has 10 heteroatoms. The molecule has 1 aliphatic heterocycles. The number of hydrogen-bond donors (Lipinski definition) is 1. The van der Waals surface area contributed by atoms with Crippen LogP contribution in [0, 0.1) is 11.3 Å². The molecule has 1 aliphatic rings. The number of fused-ring (bicyclic) bond motifs is 1. The monoisotopic (exact) mass is 417 g/mol. The fourth-order valence-electron chi connectivity index (χ4n) is 2.86. The fourth-order valence-corrected chi connectivity index (χ4v) is 4.83. The van der Waals surface area contributed by atoms with Gasteiger partial charge in [0, 0.05) is 11.0 Å². The molecule has 2 N–H and O–H groups in total. The standard InChI is InChI=1S/C18H15N3O5S2/c1-3-26-18(24)14-13(10-5-4-6-27-10)9(8-19)15(20)21-16(23)11(28-17(14)21)7-12(22)25-2/h4-7,13H,3,20H2,1-2H3/b11-7-. The van der Waals surface area contributed by atoms with Crippen molar-refractivity contribution < 1.29 is 19.1 Å². The van der Waals surface area contributed by atoms with Crippen molar-refractivity contribution in [3.05, 3.63) is 47.5 Å². The molecule has 144 valence electrons. The lowest BCUT2D eigenvalue weighted by Gasteiger charge is -2.23. The highest BCUT2D eigenvalue weighted by atomic mass is 32.1. The van der Waals surface area contributed by atoms with Crippen LogP contribution in [0.15, 0.2) is 27.9 Å². The van der Waals surface area contributed by atoms with Crippen molar-refractivity contribution in [2.75, 3.05) is 13.7 Å². The van der Waals surface area contributed by atoms with Gasteiger partial charge in [-0.05, 0) is 18.4 Å². The summed E-state index contributed by atoms with van der Waals surface area (Å²) in [6, 6.07) is 5.60. The first-order chi connectivity index (χ1) is 13.4. The van der Waals surface area contributed by atoms with E-state index >= 15 is 0 Å². The van der Waals surface area contributed by atoms with Crippen LogP contribution < -0.4 is 20.5 Å². The molecule has 0 saturated carbocycles. The molecule has 0 saturated heterocycles. The van der Waals surface area contributed by atoms with E-state index in [2.05, 4.69) is 4.74 Å². The maximum Gasteiger partial charge on any atom is 0.338 e. The molecule has 2 aromatic heterocycles. The smallest absolute Gasteiger partial charge is 0.338 e. The van der Waals surface area contributed by atoms with Crippen LogP contribution in [0.4, 0.5) is 0 Å². The second-order valence-corrected chi connectivity index (χ2v) is 7.58. The minimum atomic E-state index is -0.756. The number of esters is 2. The van der Waals surface area contributed by atoms with Gasteiger partial charge < -0.3 is 15.2 Å². The zero-order valence-electron chi connectivity index (χ0n) is 14.9. The Bertz CT molecular complexity index is 1200. The Morgan fingerprint density at radius 3 is 2.79 bits per heavy atom. The number of methoxy groups -OCH3 is 1. The van der Waals surface area contributed by atoms with E-state index in [9.17, 15) is 19.6 Å². The molecule has 3 heterocycles. The Balaban J connectivity index is 2.47. The number of nitrogens with two attached hydrogens (primary N) is 1. The lowest BCUT2D eigenvalue weighted by Crippen LogP contribution is -2.40. The maximum atomic E-state index is 12.8. The summed E-state index contributed by atoms with van der Waals surface area (Å²) in [4.78, 5) is 37.9. The number of carbonyl (C=O) groups is 2. The molecular formula is C18H15N3O5S2. The minimum Gasteiger partial charge on any atom is -0.466 e. The van der Waals surface area contributed by atoms with Gasteiger partial charge in [-0.3, -0.25) is 9.36 Å². The third kappa shape index (κ3) is 3.15. The Morgan fingerprint density at radius 1 is 1.46 bits per heavy atom. The first-order valence-electron chi connectivity index (χ1n) is 8.10. The maximum absolute atomic E-state index is 12.8. The van der Waals surface area contributed by atoms with Crippen molar-refractivity contribution in [1.29, 1.82) is 5.26 Å². The Kier molecular flexibility index (Phi) is 5.48. The van der Waals surface area contributed by atoms with Crippen molar-refractivity contribution in [3.8, 4) is 6.07 Å². The van der Waals surface area contributed by atoms with E-state index in [4.69, 9.17) is 10.5 Å². The summed E-state index contributed by atoms with van der Waals surface area (Å²) in [7, 11) is 1.19. The van der Waals surface area contributed by atoms with Gasteiger partial charge in [-0.1, -0.05) is 6.07 Å². The van der Waals surface area contributed by atoms with Crippen LogP contribution in [0.25, 0.3) is 17.5 Å². The molecule has 8 nitrogen and oxygen atoms in total. The van der Waals surface area contributed by atoms with E-state index in [1.165, 1.54) is 18.4 Å². The van der Waals surface area contributed by atoms with Crippen LogP contribution in [-0.4, -0.2) is 30.2 Å². The van der Waals surface area contributed by atoms with Gasteiger partial charge in [-0.25, -0.2) is 9.59 Å². The van der Waals surface area contributed by atoms with E-state index in [0.29, 0.717) is 4.88 Å². The predicted molar refractivity (Wildman–Crippen MR) is 104 cm³/mol. The van der Waals surface area contributed by atoms with Gasteiger partial charge >= 0.3 is 11.9 Å². The Labute approximate surface area is 167 Å². The quantitative estimate of drug-likeness (QED) is 0.699. The fraction of sp³-hybridized carbons (Fsp3) is 0.222. The van der Waals surface area contributed by atoms with E-state index in [-0.39, 0.29) is 32.8 Å². The number of thiazole rings is 1. The van der Waals surface area contributed by atoms with E-state index in [1.807, 2.05) is 11.4 Å². The first kappa shape index (κ1) is 19.6. The van der Waals surface area contributed by atoms with Crippen LogP contribution >= 0.6 is 22.7 Å². The minimum absolute atomic E-state index is 0.0377. The van der Waals surface area contributed by atoms with Gasteiger partial charge in [-0.2, -0.15) is 5.26 Å². The molecule has 1 atom stereocenters. The van der Waals surface area contributed by atoms with Crippen LogP contribution in [0.2, 0.25) is 0 Å². The lowest BCUT2D eigenvalue weighted by atomic mass is 9.88. The number of thiophene rings is 1. The normalized spacial score (nSPS) is 16.5. The van der Waals surface area contributed by atoms with Crippen molar-refractivity contribution in [1.82, 2.24) is 4.57 Å². The number of aromatic nitrogens is 1. The van der Waals surface area contributed by atoms with E-state index < -0.39 is 23.4 Å². The molecule has 0 spiro atoms. The molecule has 2 aromatic rings. The van der Waals surface area contributed by atoms with Crippen LogP contribution in [0.5, 0.6) is 0 Å². The third-order valence-corrected chi connectivity index (χ3v) is 6.09. The van der Waals surface area contributed by atoms with Gasteiger partial charge in [-0.15, -0.1) is 22.7 Å². The summed E-state index contributed by atoms with van der Waals surface area (Å²) in [6.07, 6.45) is 1.03. The highest BCUT2D eigenvalue weighted by molar-refractivity contribution is 7.10. The van der Waals surface area contributed by atoms with Crippen LogP contribution in [-0.2, 0) is 19.1 Å². The average Bonchev–Trinajstić information content (AvgIpc) is 3.30. The van der Waals surface area contributed by atoms with Crippen LogP contribution in [0.3, 0.4) is 0 Å². The van der Waals surface area contributed by atoms with Crippen molar-refractivity contribution >= 4 is 52.1 Å². The molecule has 0 amide bonds. The number of allylic oxidation sites excluding steroid dienone is 1. The predicted octanol–water partition coefficient (Wildman–Crippen LogP) is 0.0869. The molecular weight excluding hydrogens is 402 g/mol. The SMILES string of the molecule is CCOC(=O)C1=c2s/c(=C\C(=O)OC)c(=O)n2C(N)=C(C#N)C1c1cccs1. The van der Waals surface area contributed by atoms with Gasteiger partial charge in [0.05, 0.1) is 36.9 Å². The summed E-state index contributed by atoms with van der Waals surface area (Å²) < 4.78 is 11.1.